The highest BCUT2D eigenvalue weighted by Crippen LogP contribution is 2.29. The number of benzene rings is 1. The van der Waals surface area contributed by atoms with Crippen molar-refractivity contribution >= 4 is 39.5 Å². The van der Waals surface area contributed by atoms with Crippen LogP contribution in [-0.4, -0.2) is 5.97 Å². The van der Waals surface area contributed by atoms with Crippen LogP contribution in [0.5, 0.6) is 5.75 Å². The van der Waals surface area contributed by atoms with Gasteiger partial charge in [0.15, 0.2) is 5.75 Å². The molecule has 2 rings (SSSR count). The fourth-order valence-corrected chi connectivity index (χ4v) is 1.70. The highest BCUT2D eigenvalue weighted by Gasteiger charge is 2.08. The summed E-state index contributed by atoms with van der Waals surface area (Å²) in [5.41, 5.74) is 0.724. The van der Waals surface area contributed by atoms with E-state index in [1.165, 1.54) is 13.2 Å². The minimum atomic E-state index is -0.341. The normalized spacial score (nSPS) is 10.4. The molecule has 0 saturated heterocycles. The molecule has 0 amide bonds. The van der Waals surface area contributed by atoms with Crippen molar-refractivity contribution in [2.45, 2.75) is 6.92 Å². The van der Waals surface area contributed by atoms with Gasteiger partial charge in [0.1, 0.15) is 11.8 Å². The van der Waals surface area contributed by atoms with Crippen LogP contribution in [0.25, 0.3) is 11.0 Å². The SMILES string of the molecule is CC(=O)Oc1coc2ccc(I)cc12. The molecule has 1 heterocycles. The molecule has 0 atom stereocenters. The molecule has 3 nitrogen and oxygen atoms in total. The van der Waals surface area contributed by atoms with Gasteiger partial charge < -0.3 is 9.15 Å². The summed E-state index contributed by atoms with van der Waals surface area (Å²) >= 11 is 2.19. The Kier molecular flexibility index (Phi) is 2.45. The second-order valence-corrected chi connectivity index (χ2v) is 4.08. The van der Waals surface area contributed by atoms with Crippen molar-refractivity contribution in [3.8, 4) is 5.75 Å². The second kappa shape index (κ2) is 3.61. The van der Waals surface area contributed by atoms with Crippen molar-refractivity contribution in [1.82, 2.24) is 0 Å². The van der Waals surface area contributed by atoms with Crippen molar-refractivity contribution in [2.75, 3.05) is 0 Å². The van der Waals surface area contributed by atoms with E-state index in [-0.39, 0.29) is 5.97 Å². The van der Waals surface area contributed by atoms with Gasteiger partial charge in [-0.15, -0.1) is 0 Å². The molecule has 0 radical (unpaired) electrons. The van der Waals surface area contributed by atoms with Crippen molar-refractivity contribution in [3.63, 3.8) is 0 Å². The fourth-order valence-electron chi connectivity index (χ4n) is 1.21. The van der Waals surface area contributed by atoms with E-state index in [1.54, 1.807) is 0 Å². The van der Waals surface area contributed by atoms with E-state index < -0.39 is 0 Å². The van der Waals surface area contributed by atoms with E-state index >= 15 is 0 Å². The Hall–Kier alpha value is -1.04. The van der Waals surface area contributed by atoms with Crippen LogP contribution in [0.3, 0.4) is 0 Å². The van der Waals surface area contributed by atoms with Crippen LogP contribution in [-0.2, 0) is 4.79 Å². The van der Waals surface area contributed by atoms with Gasteiger partial charge in [-0.05, 0) is 40.8 Å². The molecule has 0 fully saturated rings. The monoisotopic (exact) mass is 302 g/mol. The largest absolute Gasteiger partial charge is 0.460 e. The molecule has 14 heavy (non-hydrogen) atoms. The number of halogens is 1. The molecule has 1 aromatic heterocycles. The summed E-state index contributed by atoms with van der Waals surface area (Å²) in [6, 6.07) is 5.70. The van der Waals surface area contributed by atoms with Gasteiger partial charge in [-0.3, -0.25) is 4.79 Å². The van der Waals surface area contributed by atoms with Gasteiger partial charge in [-0.1, -0.05) is 0 Å². The molecule has 0 spiro atoms. The smallest absolute Gasteiger partial charge is 0.308 e. The summed E-state index contributed by atoms with van der Waals surface area (Å²) in [5, 5.41) is 0.826. The minimum Gasteiger partial charge on any atom is -0.460 e. The highest BCUT2D eigenvalue weighted by molar-refractivity contribution is 14.1. The Balaban J connectivity index is 2.55. The van der Waals surface area contributed by atoms with Gasteiger partial charge in [0, 0.05) is 10.5 Å². The number of furan rings is 1. The first-order valence-electron chi connectivity index (χ1n) is 4.02. The molecule has 0 aliphatic rings. The summed E-state index contributed by atoms with van der Waals surface area (Å²) in [4.78, 5) is 10.8. The van der Waals surface area contributed by atoms with E-state index in [4.69, 9.17) is 9.15 Å². The third kappa shape index (κ3) is 1.75. The van der Waals surface area contributed by atoms with E-state index in [9.17, 15) is 4.79 Å². The summed E-state index contributed by atoms with van der Waals surface area (Å²) in [5.74, 6) is 0.137. The number of carbonyl (C=O) groups is 1. The van der Waals surface area contributed by atoms with Gasteiger partial charge in [0.2, 0.25) is 0 Å². The average molecular weight is 302 g/mol. The first-order chi connectivity index (χ1) is 6.66. The van der Waals surface area contributed by atoms with Gasteiger partial charge >= 0.3 is 5.97 Å². The Morgan fingerprint density at radius 2 is 2.29 bits per heavy atom. The Labute approximate surface area is 94.2 Å². The lowest BCUT2D eigenvalue weighted by Crippen LogP contribution is -2.00. The number of ether oxygens (including phenoxy) is 1. The molecular weight excluding hydrogens is 295 g/mol. The number of hydrogen-bond donors (Lipinski definition) is 0. The third-order valence-electron chi connectivity index (χ3n) is 1.75. The molecule has 0 aliphatic heterocycles. The number of fused-ring (bicyclic) bond motifs is 1. The maximum absolute atomic E-state index is 10.8. The van der Waals surface area contributed by atoms with Gasteiger partial charge in [-0.25, -0.2) is 0 Å². The zero-order valence-electron chi connectivity index (χ0n) is 7.41. The Bertz CT molecular complexity index is 487. The molecule has 72 valence electrons. The molecule has 1 aromatic carbocycles. The summed E-state index contributed by atoms with van der Waals surface area (Å²) in [6.07, 6.45) is 1.45. The Morgan fingerprint density at radius 1 is 1.50 bits per heavy atom. The lowest BCUT2D eigenvalue weighted by Gasteiger charge is -1.96. The molecule has 4 heteroatoms. The summed E-state index contributed by atoms with van der Waals surface area (Å²) in [6.45, 7) is 1.37. The predicted octanol–water partition coefficient (Wildman–Crippen LogP) is 2.96. The van der Waals surface area contributed by atoms with Crippen LogP contribution in [0.15, 0.2) is 28.9 Å². The molecular formula is C10H7IO3. The molecule has 2 aromatic rings. The van der Waals surface area contributed by atoms with Crippen LogP contribution in [0, 0.1) is 3.57 Å². The first kappa shape index (κ1) is 9.51. The minimum absolute atomic E-state index is 0.341. The van der Waals surface area contributed by atoms with Crippen molar-refractivity contribution in [3.05, 3.63) is 28.0 Å². The Morgan fingerprint density at radius 3 is 3.00 bits per heavy atom. The van der Waals surface area contributed by atoms with Gasteiger partial charge in [0.05, 0.1) is 5.39 Å². The maximum atomic E-state index is 10.8. The van der Waals surface area contributed by atoms with E-state index in [1.807, 2.05) is 18.2 Å². The van der Waals surface area contributed by atoms with Crippen molar-refractivity contribution in [2.24, 2.45) is 0 Å². The number of carbonyl (C=O) groups excluding carboxylic acids is 1. The predicted molar refractivity (Wildman–Crippen MR) is 60.2 cm³/mol. The van der Waals surface area contributed by atoms with Crippen LogP contribution in [0.1, 0.15) is 6.92 Å². The quantitative estimate of drug-likeness (QED) is 0.600. The number of hydrogen-bond acceptors (Lipinski definition) is 3. The highest BCUT2D eigenvalue weighted by atomic mass is 127. The summed E-state index contributed by atoms with van der Waals surface area (Å²) < 4.78 is 11.3. The molecule has 0 bridgehead atoms. The maximum Gasteiger partial charge on any atom is 0.308 e. The van der Waals surface area contributed by atoms with Crippen LogP contribution < -0.4 is 4.74 Å². The van der Waals surface area contributed by atoms with Crippen LogP contribution in [0.4, 0.5) is 0 Å². The lowest BCUT2D eigenvalue weighted by atomic mass is 10.2. The van der Waals surface area contributed by atoms with Crippen molar-refractivity contribution in [1.29, 1.82) is 0 Å². The topological polar surface area (TPSA) is 39.4 Å². The van der Waals surface area contributed by atoms with E-state index in [2.05, 4.69) is 22.6 Å². The van der Waals surface area contributed by atoms with Crippen LogP contribution in [0.2, 0.25) is 0 Å². The molecule has 0 aliphatic carbocycles. The van der Waals surface area contributed by atoms with E-state index in [0.29, 0.717) is 5.75 Å². The van der Waals surface area contributed by atoms with Crippen molar-refractivity contribution < 1.29 is 13.9 Å². The third-order valence-corrected chi connectivity index (χ3v) is 2.42. The number of esters is 1. The van der Waals surface area contributed by atoms with Gasteiger partial charge in [-0.2, -0.15) is 0 Å². The number of rotatable bonds is 1. The fraction of sp³-hybridized carbons (Fsp3) is 0.100. The first-order valence-corrected chi connectivity index (χ1v) is 5.10. The van der Waals surface area contributed by atoms with Crippen LogP contribution >= 0.6 is 22.6 Å². The zero-order chi connectivity index (χ0) is 10.1. The summed E-state index contributed by atoms with van der Waals surface area (Å²) in [7, 11) is 0. The molecule has 0 unspecified atom stereocenters. The lowest BCUT2D eigenvalue weighted by molar-refractivity contribution is -0.131. The average Bonchev–Trinajstić information content (AvgIpc) is 2.47. The second-order valence-electron chi connectivity index (χ2n) is 2.83. The van der Waals surface area contributed by atoms with E-state index in [0.717, 1.165) is 14.5 Å². The standard InChI is InChI=1S/C10H7IO3/c1-6(12)14-10-5-13-9-3-2-7(11)4-8(9)10/h2-5H,1H3. The molecule has 0 saturated carbocycles. The zero-order valence-corrected chi connectivity index (χ0v) is 9.57. The van der Waals surface area contributed by atoms with Gasteiger partial charge in [0.25, 0.3) is 0 Å². The molecule has 0 N–H and O–H groups in total.